The van der Waals surface area contributed by atoms with Gasteiger partial charge in [0.25, 0.3) is 10.0 Å². The lowest BCUT2D eigenvalue weighted by atomic mass is 10.4. The van der Waals surface area contributed by atoms with Gasteiger partial charge >= 0.3 is 0 Å². The van der Waals surface area contributed by atoms with Crippen LogP contribution in [0.5, 0.6) is 0 Å². The molecule has 0 aliphatic heterocycles. The highest BCUT2D eigenvalue weighted by Crippen LogP contribution is 2.03. The van der Waals surface area contributed by atoms with Gasteiger partial charge < -0.3 is 4.98 Å². The van der Waals surface area contributed by atoms with Gasteiger partial charge in [-0.05, 0) is 13.8 Å². The Hall–Kier alpha value is -1.32. The van der Waals surface area contributed by atoms with Crippen LogP contribution < -0.4 is 4.72 Å². The summed E-state index contributed by atoms with van der Waals surface area (Å²) >= 11 is 0. The first-order valence-corrected chi connectivity index (χ1v) is 5.95. The van der Waals surface area contributed by atoms with E-state index in [1.165, 1.54) is 6.20 Å². The van der Waals surface area contributed by atoms with Crippen LogP contribution in [0.25, 0.3) is 0 Å². The summed E-state index contributed by atoms with van der Waals surface area (Å²) in [6, 6.07) is 0. The van der Waals surface area contributed by atoms with E-state index in [0.717, 1.165) is 0 Å². The normalized spacial score (nSPS) is 10.8. The van der Waals surface area contributed by atoms with Crippen molar-refractivity contribution in [3.05, 3.63) is 12.0 Å². The number of sulfonamides is 1. The molecule has 0 amide bonds. The maximum absolute atomic E-state index is 11.6. The van der Waals surface area contributed by atoms with E-state index in [0.29, 0.717) is 18.8 Å². The first kappa shape index (κ1) is 11.8. The lowest BCUT2D eigenvalue weighted by Crippen LogP contribution is -2.24. The first-order valence-electron chi connectivity index (χ1n) is 4.47. The summed E-state index contributed by atoms with van der Waals surface area (Å²) in [4.78, 5) is 6.48. The zero-order valence-corrected chi connectivity index (χ0v) is 9.48. The van der Waals surface area contributed by atoms with Gasteiger partial charge in [-0.25, -0.2) is 18.1 Å². The van der Waals surface area contributed by atoms with E-state index in [4.69, 9.17) is 0 Å². The maximum Gasteiger partial charge on any atom is 0.257 e. The molecule has 0 fully saturated rings. The van der Waals surface area contributed by atoms with Crippen molar-refractivity contribution in [2.45, 2.75) is 25.3 Å². The van der Waals surface area contributed by atoms with Gasteiger partial charge in [-0.15, -0.1) is 11.8 Å². The van der Waals surface area contributed by atoms with Crippen LogP contribution in [0, 0.1) is 18.8 Å². The third-order valence-corrected chi connectivity index (χ3v) is 3.06. The summed E-state index contributed by atoms with van der Waals surface area (Å²) < 4.78 is 25.6. The van der Waals surface area contributed by atoms with Gasteiger partial charge in [0.1, 0.15) is 5.82 Å². The summed E-state index contributed by atoms with van der Waals surface area (Å²) in [7, 11) is -3.46. The van der Waals surface area contributed by atoms with Crippen molar-refractivity contribution in [1.29, 1.82) is 0 Å². The van der Waals surface area contributed by atoms with E-state index in [1.807, 2.05) is 0 Å². The molecule has 0 saturated carbocycles. The summed E-state index contributed by atoms with van der Waals surface area (Å²) in [5, 5.41) is 0.0875. The molecule has 0 atom stereocenters. The number of aromatic amines is 1. The summed E-state index contributed by atoms with van der Waals surface area (Å²) in [5.74, 6) is 6.04. The monoisotopic (exact) mass is 227 g/mol. The van der Waals surface area contributed by atoms with Crippen molar-refractivity contribution in [2.75, 3.05) is 6.54 Å². The molecule has 0 unspecified atom stereocenters. The Balaban J connectivity index is 2.63. The van der Waals surface area contributed by atoms with E-state index < -0.39 is 10.0 Å². The number of hydrogen-bond acceptors (Lipinski definition) is 3. The number of aryl methyl sites for hydroxylation is 1. The van der Waals surface area contributed by atoms with Crippen LogP contribution in [0.15, 0.2) is 11.2 Å². The number of imidazole rings is 1. The minimum absolute atomic E-state index is 0.0875. The molecule has 1 aromatic heterocycles. The van der Waals surface area contributed by atoms with E-state index in [-0.39, 0.29) is 5.03 Å². The highest BCUT2D eigenvalue weighted by molar-refractivity contribution is 7.89. The fraction of sp³-hybridized carbons (Fsp3) is 0.444. The molecule has 1 heterocycles. The maximum atomic E-state index is 11.6. The number of rotatable bonds is 4. The van der Waals surface area contributed by atoms with Crippen LogP contribution in [0.4, 0.5) is 0 Å². The molecule has 0 radical (unpaired) electrons. The molecule has 82 valence electrons. The Morgan fingerprint density at radius 2 is 2.33 bits per heavy atom. The van der Waals surface area contributed by atoms with Crippen LogP contribution >= 0.6 is 0 Å². The van der Waals surface area contributed by atoms with E-state index >= 15 is 0 Å². The molecule has 0 spiro atoms. The average Bonchev–Trinajstić information content (AvgIpc) is 2.60. The van der Waals surface area contributed by atoms with Crippen LogP contribution in [0.2, 0.25) is 0 Å². The molecular weight excluding hydrogens is 214 g/mol. The van der Waals surface area contributed by atoms with Gasteiger partial charge in [-0.1, -0.05) is 0 Å². The molecule has 15 heavy (non-hydrogen) atoms. The van der Waals surface area contributed by atoms with Crippen LogP contribution in [0.1, 0.15) is 19.2 Å². The predicted molar refractivity (Wildman–Crippen MR) is 56.6 cm³/mol. The Bertz CT molecular complexity index is 479. The Morgan fingerprint density at radius 3 is 2.87 bits per heavy atom. The SMILES string of the molecule is CC#CCCNS(=O)(=O)c1cnc(C)[nH]1. The molecule has 0 saturated heterocycles. The molecule has 1 rings (SSSR count). The van der Waals surface area contributed by atoms with Crippen LogP contribution in [-0.2, 0) is 10.0 Å². The lowest BCUT2D eigenvalue weighted by molar-refractivity contribution is 0.579. The zero-order valence-electron chi connectivity index (χ0n) is 8.66. The molecule has 0 bridgehead atoms. The Kier molecular flexibility index (Phi) is 3.88. The second-order valence-electron chi connectivity index (χ2n) is 2.91. The van der Waals surface area contributed by atoms with E-state index in [1.54, 1.807) is 13.8 Å². The van der Waals surface area contributed by atoms with Crippen LogP contribution in [0.3, 0.4) is 0 Å². The summed E-state index contributed by atoms with van der Waals surface area (Å²) in [6.45, 7) is 3.72. The standard InChI is InChI=1S/C9H13N3O2S/c1-3-4-5-6-11-15(13,14)9-7-10-8(2)12-9/h7,11H,5-6H2,1-2H3,(H,10,12). The molecular formula is C9H13N3O2S. The molecule has 0 aromatic carbocycles. The Labute approximate surface area is 89.4 Å². The minimum Gasteiger partial charge on any atom is -0.332 e. The van der Waals surface area contributed by atoms with Gasteiger partial charge in [-0.3, -0.25) is 0 Å². The highest BCUT2D eigenvalue weighted by Gasteiger charge is 2.14. The molecule has 5 nitrogen and oxygen atoms in total. The smallest absolute Gasteiger partial charge is 0.257 e. The van der Waals surface area contributed by atoms with Gasteiger partial charge in [-0.2, -0.15) is 0 Å². The van der Waals surface area contributed by atoms with Gasteiger partial charge in [0.15, 0.2) is 5.03 Å². The fourth-order valence-electron chi connectivity index (χ4n) is 0.986. The van der Waals surface area contributed by atoms with Crippen molar-refractivity contribution in [2.24, 2.45) is 0 Å². The van der Waals surface area contributed by atoms with Crippen LogP contribution in [-0.4, -0.2) is 24.9 Å². The summed E-state index contributed by atoms with van der Waals surface area (Å²) in [5.41, 5.74) is 0. The third kappa shape index (κ3) is 3.38. The molecule has 0 aliphatic rings. The Morgan fingerprint density at radius 1 is 1.60 bits per heavy atom. The minimum atomic E-state index is -3.46. The third-order valence-electron chi connectivity index (χ3n) is 1.69. The number of H-pyrrole nitrogens is 1. The number of nitrogens with one attached hydrogen (secondary N) is 2. The molecule has 6 heteroatoms. The number of nitrogens with zero attached hydrogens (tertiary/aromatic N) is 1. The molecule has 2 N–H and O–H groups in total. The first-order chi connectivity index (χ1) is 7.06. The quantitative estimate of drug-likeness (QED) is 0.578. The van der Waals surface area contributed by atoms with Crippen molar-refractivity contribution < 1.29 is 8.42 Å². The second-order valence-corrected chi connectivity index (χ2v) is 4.64. The largest absolute Gasteiger partial charge is 0.332 e. The highest BCUT2D eigenvalue weighted by atomic mass is 32.2. The number of aromatic nitrogens is 2. The van der Waals surface area contributed by atoms with Crippen molar-refractivity contribution in [1.82, 2.24) is 14.7 Å². The average molecular weight is 227 g/mol. The summed E-state index contributed by atoms with van der Waals surface area (Å²) in [6.07, 6.45) is 1.80. The van der Waals surface area contributed by atoms with Gasteiger partial charge in [0.05, 0.1) is 6.20 Å². The fourth-order valence-corrected chi connectivity index (χ4v) is 1.99. The lowest BCUT2D eigenvalue weighted by Gasteiger charge is -2.01. The van der Waals surface area contributed by atoms with E-state index in [2.05, 4.69) is 26.5 Å². The zero-order chi connectivity index (χ0) is 11.3. The van der Waals surface area contributed by atoms with Gasteiger partial charge in [0.2, 0.25) is 0 Å². The van der Waals surface area contributed by atoms with Gasteiger partial charge in [0, 0.05) is 13.0 Å². The topological polar surface area (TPSA) is 74.8 Å². The molecule has 0 aliphatic carbocycles. The van der Waals surface area contributed by atoms with E-state index in [9.17, 15) is 8.42 Å². The molecule has 1 aromatic rings. The van der Waals surface area contributed by atoms with Crippen molar-refractivity contribution in [3.63, 3.8) is 0 Å². The number of hydrogen-bond donors (Lipinski definition) is 2. The van der Waals surface area contributed by atoms with Crippen molar-refractivity contribution >= 4 is 10.0 Å². The van der Waals surface area contributed by atoms with Crippen molar-refractivity contribution in [3.8, 4) is 11.8 Å². The predicted octanol–water partition coefficient (Wildman–Crippen LogP) is 0.410. The second kappa shape index (κ2) is 4.96.